The number of esters is 1. The number of thiazole rings is 1. The van der Waals surface area contributed by atoms with Gasteiger partial charge < -0.3 is 15.0 Å². The number of amides is 1. The second-order valence-electron chi connectivity index (χ2n) is 4.68. The summed E-state index contributed by atoms with van der Waals surface area (Å²) in [6.07, 6.45) is 0. The monoisotopic (exact) mass is 368 g/mol. The van der Waals surface area contributed by atoms with Gasteiger partial charge >= 0.3 is 5.97 Å². The van der Waals surface area contributed by atoms with Gasteiger partial charge in [0.1, 0.15) is 4.88 Å². The zero-order valence-corrected chi connectivity index (χ0v) is 15.0. The molecule has 0 aliphatic carbocycles. The van der Waals surface area contributed by atoms with E-state index in [1.165, 1.54) is 6.07 Å². The first kappa shape index (κ1) is 18.1. The highest BCUT2D eigenvalue weighted by Gasteiger charge is 2.17. The molecule has 0 radical (unpaired) electrons. The van der Waals surface area contributed by atoms with Crippen LogP contribution in [0.1, 0.15) is 28.0 Å². The lowest BCUT2D eigenvalue weighted by molar-refractivity contribution is -0.113. The minimum absolute atomic E-state index is 0.0553. The van der Waals surface area contributed by atoms with Crippen LogP contribution in [-0.4, -0.2) is 39.2 Å². The van der Waals surface area contributed by atoms with Crippen molar-refractivity contribution in [3.63, 3.8) is 0 Å². The van der Waals surface area contributed by atoms with Crippen molar-refractivity contribution < 1.29 is 14.3 Å². The molecule has 10 heteroatoms. The van der Waals surface area contributed by atoms with Gasteiger partial charge in [0.15, 0.2) is 10.3 Å². The molecule has 2 N–H and O–H groups in total. The zero-order chi connectivity index (χ0) is 17.7. The van der Waals surface area contributed by atoms with Crippen molar-refractivity contribution in [3.05, 3.63) is 32.7 Å². The van der Waals surface area contributed by atoms with Crippen LogP contribution < -0.4 is 10.9 Å². The van der Waals surface area contributed by atoms with Crippen LogP contribution in [0.4, 0.5) is 5.13 Å². The number of nitrogens with zero attached hydrogens (tertiary/aromatic N) is 2. The topological polar surface area (TPSA) is 114 Å². The Morgan fingerprint density at radius 3 is 2.79 bits per heavy atom. The molecule has 0 fully saturated rings. The van der Waals surface area contributed by atoms with Crippen molar-refractivity contribution in [2.75, 3.05) is 17.7 Å². The van der Waals surface area contributed by atoms with Crippen LogP contribution in [0.25, 0.3) is 0 Å². The fourth-order valence-corrected chi connectivity index (χ4v) is 3.34. The van der Waals surface area contributed by atoms with E-state index in [1.807, 2.05) is 0 Å². The standard InChI is InChI=1S/C14H16N4O4S2/c1-4-22-12(21)11-8(3)16-14(24-11)18-10(20)6-23-13-15-7(2)5-9(19)17-13/h5H,4,6H2,1-3H3,(H,15,17,19)(H,16,18,20). The third-order valence-corrected chi connectivity index (χ3v) is 4.62. The maximum absolute atomic E-state index is 12.0. The maximum Gasteiger partial charge on any atom is 0.350 e. The molecule has 0 aromatic carbocycles. The van der Waals surface area contributed by atoms with Gasteiger partial charge in [0.05, 0.1) is 18.1 Å². The molecular formula is C14H16N4O4S2. The third-order valence-electron chi connectivity index (χ3n) is 2.69. The van der Waals surface area contributed by atoms with Crippen molar-refractivity contribution in [2.45, 2.75) is 25.9 Å². The summed E-state index contributed by atoms with van der Waals surface area (Å²) in [6, 6.07) is 1.37. The van der Waals surface area contributed by atoms with Crippen molar-refractivity contribution in [1.82, 2.24) is 15.0 Å². The molecule has 0 aliphatic heterocycles. The molecule has 2 heterocycles. The van der Waals surface area contributed by atoms with Crippen LogP contribution in [-0.2, 0) is 9.53 Å². The number of H-pyrrole nitrogens is 1. The Kier molecular flexibility index (Phi) is 6.10. The van der Waals surface area contributed by atoms with Crippen LogP contribution >= 0.6 is 23.1 Å². The summed E-state index contributed by atoms with van der Waals surface area (Å²) in [5.41, 5.74) is 0.822. The number of carbonyl (C=O) groups excluding carboxylic acids is 2. The van der Waals surface area contributed by atoms with Gasteiger partial charge in [-0.15, -0.1) is 0 Å². The number of aromatic amines is 1. The second kappa shape index (κ2) is 8.06. The molecule has 2 aromatic heterocycles. The Balaban J connectivity index is 1.96. The molecule has 0 saturated carbocycles. The summed E-state index contributed by atoms with van der Waals surface area (Å²) < 4.78 is 4.93. The molecule has 128 valence electrons. The Morgan fingerprint density at radius 1 is 1.38 bits per heavy atom. The molecular weight excluding hydrogens is 352 g/mol. The van der Waals surface area contributed by atoms with Gasteiger partial charge in [0.25, 0.3) is 5.56 Å². The first-order valence-corrected chi connectivity index (χ1v) is 8.84. The van der Waals surface area contributed by atoms with Crippen LogP contribution in [0.3, 0.4) is 0 Å². The Hall–Kier alpha value is -2.20. The summed E-state index contributed by atoms with van der Waals surface area (Å²) >= 11 is 2.17. The number of aryl methyl sites for hydroxylation is 2. The van der Waals surface area contributed by atoms with Crippen molar-refractivity contribution in [2.24, 2.45) is 0 Å². The molecule has 0 saturated heterocycles. The molecule has 0 spiro atoms. The summed E-state index contributed by atoms with van der Waals surface area (Å²) in [7, 11) is 0. The molecule has 0 bridgehead atoms. The molecule has 8 nitrogen and oxygen atoms in total. The number of aromatic nitrogens is 3. The summed E-state index contributed by atoms with van der Waals surface area (Å²) in [6.45, 7) is 5.37. The van der Waals surface area contributed by atoms with Gasteiger partial charge in [-0.1, -0.05) is 23.1 Å². The quantitative estimate of drug-likeness (QED) is 0.453. The van der Waals surface area contributed by atoms with E-state index < -0.39 is 5.97 Å². The number of rotatable bonds is 6. The molecule has 24 heavy (non-hydrogen) atoms. The Bertz CT molecular complexity index is 815. The average Bonchev–Trinajstić information content (AvgIpc) is 2.85. The molecule has 1 amide bonds. The lowest BCUT2D eigenvalue weighted by Gasteiger charge is -2.02. The van der Waals surface area contributed by atoms with E-state index in [1.54, 1.807) is 20.8 Å². The molecule has 0 atom stereocenters. The lowest BCUT2D eigenvalue weighted by atomic mass is 10.4. The molecule has 0 unspecified atom stereocenters. The summed E-state index contributed by atoms with van der Waals surface area (Å²) in [4.78, 5) is 46.2. The first-order chi connectivity index (χ1) is 11.4. The lowest BCUT2D eigenvalue weighted by Crippen LogP contribution is -2.15. The molecule has 0 aliphatic rings. The fraction of sp³-hybridized carbons (Fsp3) is 0.357. The first-order valence-electron chi connectivity index (χ1n) is 7.04. The number of nitrogens with one attached hydrogen (secondary N) is 2. The van der Waals surface area contributed by atoms with Gasteiger partial charge in [-0.2, -0.15) is 0 Å². The number of hydrogen-bond acceptors (Lipinski definition) is 8. The van der Waals surface area contributed by atoms with E-state index in [2.05, 4.69) is 20.3 Å². The fourth-order valence-electron chi connectivity index (χ4n) is 1.75. The molecule has 2 aromatic rings. The maximum atomic E-state index is 12.0. The van der Waals surface area contributed by atoms with Crippen LogP contribution in [0, 0.1) is 13.8 Å². The van der Waals surface area contributed by atoms with E-state index >= 15 is 0 Å². The van der Waals surface area contributed by atoms with E-state index in [0.29, 0.717) is 26.6 Å². The van der Waals surface area contributed by atoms with Crippen molar-refractivity contribution >= 4 is 40.1 Å². The van der Waals surface area contributed by atoms with Crippen LogP contribution in [0.5, 0.6) is 0 Å². The van der Waals surface area contributed by atoms with Gasteiger partial charge in [-0.25, -0.2) is 14.8 Å². The Morgan fingerprint density at radius 2 is 2.12 bits per heavy atom. The number of carbonyl (C=O) groups is 2. The normalized spacial score (nSPS) is 10.5. The van der Waals surface area contributed by atoms with Gasteiger partial charge in [-0.05, 0) is 20.8 Å². The summed E-state index contributed by atoms with van der Waals surface area (Å²) in [5, 5.41) is 3.32. The number of hydrogen-bond donors (Lipinski definition) is 2. The van der Waals surface area contributed by atoms with Crippen molar-refractivity contribution in [3.8, 4) is 0 Å². The highest BCUT2D eigenvalue weighted by atomic mass is 32.2. The van der Waals surface area contributed by atoms with Crippen molar-refractivity contribution in [1.29, 1.82) is 0 Å². The van der Waals surface area contributed by atoms with E-state index in [4.69, 9.17) is 4.74 Å². The SMILES string of the molecule is CCOC(=O)c1sc(NC(=O)CSc2nc(C)cc(=O)[nH]2)nc1C. The number of ether oxygens (including phenoxy) is 1. The third kappa shape index (κ3) is 4.90. The highest BCUT2D eigenvalue weighted by Crippen LogP contribution is 2.23. The largest absolute Gasteiger partial charge is 0.462 e. The Labute approximate surface area is 146 Å². The second-order valence-corrected chi connectivity index (χ2v) is 6.65. The van der Waals surface area contributed by atoms with E-state index in [0.717, 1.165) is 23.1 Å². The minimum atomic E-state index is -0.455. The zero-order valence-electron chi connectivity index (χ0n) is 13.3. The van der Waals surface area contributed by atoms with Gasteiger partial charge in [0.2, 0.25) is 5.91 Å². The smallest absolute Gasteiger partial charge is 0.350 e. The molecule has 2 rings (SSSR count). The number of thioether (sulfide) groups is 1. The van der Waals surface area contributed by atoms with E-state index in [-0.39, 0.29) is 23.8 Å². The van der Waals surface area contributed by atoms with Gasteiger partial charge in [0, 0.05) is 11.8 Å². The highest BCUT2D eigenvalue weighted by molar-refractivity contribution is 7.99. The summed E-state index contributed by atoms with van der Waals surface area (Å²) in [5.74, 6) is -0.711. The van der Waals surface area contributed by atoms with Crippen LogP contribution in [0.15, 0.2) is 16.0 Å². The minimum Gasteiger partial charge on any atom is -0.462 e. The predicted molar refractivity (Wildman–Crippen MR) is 91.8 cm³/mol. The number of anilines is 1. The average molecular weight is 368 g/mol. The predicted octanol–water partition coefficient (Wildman–Crippen LogP) is 1.75. The van der Waals surface area contributed by atoms with Gasteiger partial charge in [-0.3, -0.25) is 9.59 Å². The van der Waals surface area contributed by atoms with E-state index in [9.17, 15) is 14.4 Å². The van der Waals surface area contributed by atoms with Crippen LogP contribution in [0.2, 0.25) is 0 Å².